The fourth-order valence-corrected chi connectivity index (χ4v) is 7.08. The molecule has 0 radical (unpaired) electrons. The highest BCUT2D eigenvalue weighted by Gasteiger charge is 2.47. The van der Waals surface area contributed by atoms with Gasteiger partial charge in [0.15, 0.2) is 17.4 Å². The smallest absolute Gasteiger partial charge is 0.175 e. The number of nitrogens with two attached hydrogens (primary N) is 2. The number of nitrogens with zero attached hydrogens (tertiary/aromatic N) is 5. The fraction of sp³-hybridized carbons (Fsp3) is 0.654. The van der Waals surface area contributed by atoms with E-state index in [4.69, 9.17) is 40.4 Å². The van der Waals surface area contributed by atoms with Crippen LogP contribution < -0.4 is 26.0 Å². The van der Waals surface area contributed by atoms with E-state index in [1.807, 2.05) is 18.5 Å². The molecule has 4 unspecified atom stereocenters. The standard InChI is InChI=1S/C26H37N7O4S/c1-16-22(27)26(14-37-16)4-7-32(8-5-26)20-10-30-25(23(28)31-20)38-19-3-6-29-24-21(19)36-13-18-9-17(11-33(18)24)12-35-15-34-2/h3,6,10,16-18,22H,4-5,7-9,11-15,27H2,1-2H3,(H2,28,31). The van der Waals surface area contributed by atoms with E-state index in [1.165, 1.54) is 11.8 Å². The van der Waals surface area contributed by atoms with Crippen LogP contribution in [0.15, 0.2) is 28.4 Å². The van der Waals surface area contributed by atoms with E-state index in [0.29, 0.717) is 42.8 Å². The molecule has 4 atom stereocenters. The van der Waals surface area contributed by atoms with E-state index in [2.05, 4.69) is 21.7 Å². The van der Waals surface area contributed by atoms with Gasteiger partial charge in [0.05, 0.1) is 36.5 Å². The van der Waals surface area contributed by atoms with Gasteiger partial charge < -0.3 is 40.2 Å². The molecule has 6 heterocycles. The average Bonchev–Trinajstić information content (AvgIpc) is 3.47. The molecule has 0 aliphatic carbocycles. The van der Waals surface area contributed by atoms with Gasteiger partial charge in [0.2, 0.25) is 0 Å². The normalized spacial score (nSPS) is 27.9. The van der Waals surface area contributed by atoms with Crippen LogP contribution in [-0.4, -0.2) is 86.5 Å². The highest BCUT2D eigenvalue weighted by atomic mass is 32.2. The van der Waals surface area contributed by atoms with Gasteiger partial charge in [-0.1, -0.05) is 11.8 Å². The Labute approximate surface area is 227 Å². The number of methoxy groups -OCH3 is 1. The molecule has 1 spiro atoms. The molecule has 0 aromatic carbocycles. The summed E-state index contributed by atoms with van der Waals surface area (Å²) in [6.45, 7) is 7.03. The Bertz CT molecular complexity index is 1150. The Kier molecular flexibility index (Phi) is 7.25. The highest BCUT2D eigenvalue weighted by Crippen LogP contribution is 2.46. The number of nitrogen functional groups attached to an aromatic ring is 1. The lowest BCUT2D eigenvalue weighted by Gasteiger charge is -2.41. The van der Waals surface area contributed by atoms with Crippen molar-refractivity contribution in [1.29, 1.82) is 0 Å². The molecule has 38 heavy (non-hydrogen) atoms. The zero-order chi connectivity index (χ0) is 26.3. The molecule has 3 saturated heterocycles. The number of piperidine rings is 1. The van der Waals surface area contributed by atoms with Crippen LogP contribution in [0.3, 0.4) is 0 Å². The van der Waals surface area contributed by atoms with Gasteiger partial charge in [0, 0.05) is 50.3 Å². The first-order chi connectivity index (χ1) is 18.5. The molecular weight excluding hydrogens is 506 g/mol. The summed E-state index contributed by atoms with van der Waals surface area (Å²) in [5.74, 6) is 3.29. The second-order valence-corrected chi connectivity index (χ2v) is 11.9. The van der Waals surface area contributed by atoms with Gasteiger partial charge in [-0.15, -0.1) is 0 Å². The molecule has 0 saturated carbocycles. The minimum atomic E-state index is 0.0659. The van der Waals surface area contributed by atoms with E-state index in [1.54, 1.807) is 7.11 Å². The van der Waals surface area contributed by atoms with Crippen LogP contribution in [0, 0.1) is 11.3 Å². The fourth-order valence-electron chi connectivity index (χ4n) is 6.24. The van der Waals surface area contributed by atoms with E-state index in [9.17, 15) is 0 Å². The molecule has 2 aromatic rings. The van der Waals surface area contributed by atoms with Crippen LogP contribution in [0.1, 0.15) is 26.2 Å². The molecule has 3 fully saturated rings. The van der Waals surface area contributed by atoms with Gasteiger partial charge in [-0.25, -0.2) is 15.0 Å². The molecule has 4 aliphatic rings. The zero-order valence-corrected chi connectivity index (χ0v) is 22.9. The number of aromatic nitrogens is 3. The number of fused-ring (bicyclic) bond motifs is 3. The van der Waals surface area contributed by atoms with Crippen molar-refractivity contribution in [2.45, 2.75) is 54.3 Å². The molecule has 2 aromatic heterocycles. The largest absolute Gasteiger partial charge is 0.486 e. The first-order valence-corrected chi connectivity index (χ1v) is 14.2. The zero-order valence-electron chi connectivity index (χ0n) is 22.0. The van der Waals surface area contributed by atoms with Gasteiger partial charge in [-0.2, -0.15) is 0 Å². The van der Waals surface area contributed by atoms with Gasteiger partial charge >= 0.3 is 0 Å². The maximum Gasteiger partial charge on any atom is 0.175 e. The molecular formula is C26H37N7O4S. The summed E-state index contributed by atoms with van der Waals surface area (Å²) >= 11 is 1.47. The third kappa shape index (κ3) is 4.77. The first kappa shape index (κ1) is 25.9. The molecule has 0 amide bonds. The van der Waals surface area contributed by atoms with Gasteiger partial charge in [-0.3, -0.25) is 0 Å². The van der Waals surface area contributed by atoms with E-state index < -0.39 is 0 Å². The van der Waals surface area contributed by atoms with Crippen LogP contribution >= 0.6 is 11.8 Å². The monoisotopic (exact) mass is 543 g/mol. The number of hydrogen-bond donors (Lipinski definition) is 2. The Balaban J connectivity index is 1.13. The molecule has 12 heteroatoms. The van der Waals surface area contributed by atoms with Crippen molar-refractivity contribution in [2.75, 3.05) is 68.9 Å². The van der Waals surface area contributed by atoms with Crippen molar-refractivity contribution in [3.05, 3.63) is 18.5 Å². The second-order valence-electron chi connectivity index (χ2n) is 10.9. The van der Waals surface area contributed by atoms with Crippen LogP contribution in [0.25, 0.3) is 0 Å². The van der Waals surface area contributed by atoms with Crippen LogP contribution in [-0.2, 0) is 14.2 Å². The Morgan fingerprint density at radius 1 is 1.26 bits per heavy atom. The Hall–Kier alpha value is -2.38. The Morgan fingerprint density at radius 2 is 2.11 bits per heavy atom. The minimum Gasteiger partial charge on any atom is -0.486 e. The lowest BCUT2D eigenvalue weighted by Crippen LogP contribution is -2.50. The lowest BCUT2D eigenvalue weighted by atomic mass is 9.73. The third-order valence-corrected chi connectivity index (χ3v) is 9.53. The lowest BCUT2D eigenvalue weighted by molar-refractivity contribution is -0.0414. The van der Waals surface area contributed by atoms with Crippen molar-refractivity contribution in [1.82, 2.24) is 15.0 Å². The molecule has 206 valence electrons. The number of anilines is 3. The topological polar surface area (TPSA) is 134 Å². The number of rotatable bonds is 7. The summed E-state index contributed by atoms with van der Waals surface area (Å²) in [5, 5.41) is 0.661. The van der Waals surface area contributed by atoms with Crippen LogP contribution in [0.2, 0.25) is 0 Å². The van der Waals surface area contributed by atoms with Gasteiger partial charge in [-0.05, 0) is 32.3 Å². The minimum absolute atomic E-state index is 0.0659. The van der Waals surface area contributed by atoms with Crippen LogP contribution in [0.4, 0.5) is 17.5 Å². The molecule has 4 N–H and O–H groups in total. The third-order valence-electron chi connectivity index (χ3n) is 8.49. The maximum absolute atomic E-state index is 6.48. The van der Waals surface area contributed by atoms with E-state index in [0.717, 1.165) is 67.8 Å². The summed E-state index contributed by atoms with van der Waals surface area (Å²) in [6.07, 6.45) is 6.73. The SMILES string of the molecule is COCOCC1CC2COc3c(Sc4ncc(N5CCC6(CC5)COC(C)C6N)nc4N)ccnc3N2C1. The van der Waals surface area contributed by atoms with E-state index in [-0.39, 0.29) is 17.6 Å². The van der Waals surface area contributed by atoms with Crippen molar-refractivity contribution in [2.24, 2.45) is 17.1 Å². The number of ether oxygens (including phenoxy) is 4. The average molecular weight is 544 g/mol. The summed E-state index contributed by atoms with van der Waals surface area (Å²) in [5.41, 5.74) is 13.0. The Morgan fingerprint density at radius 3 is 2.84 bits per heavy atom. The first-order valence-electron chi connectivity index (χ1n) is 13.3. The highest BCUT2D eigenvalue weighted by molar-refractivity contribution is 7.99. The predicted octanol–water partition coefficient (Wildman–Crippen LogP) is 2.15. The molecule has 4 aliphatic heterocycles. The van der Waals surface area contributed by atoms with Crippen molar-refractivity contribution in [3.8, 4) is 5.75 Å². The summed E-state index contributed by atoms with van der Waals surface area (Å²) < 4.78 is 22.7. The van der Waals surface area contributed by atoms with Crippen LogP contribution in [0.5, 0.6) is 5.75 Å². The second kappa shape index (κ2) is 10.6. The number of pyridine rings is 1. The van der Waals surface area contributed by atoms with E-state index >= 15 is 0 Å². The predicted molar refractivity (Wildman–Crippen MR) is 145 cm³/mol. The molecule has 11 nitrogen and oxygen atoms in total. The summed E-state index contributed by atoms with van der Waals surface area (Å²) in [4.78, 5) is 19.6. The van der Waals surface area contributed by atoms with Gasteiger partial charge in [0.1, 0.15) is 24.2 Å². The van der Waals surface area contributed by atoms with Crippen molar-refractivity contribution < 1.29 is 18.9 Å². The van der Waals surface area contributed by atoms with Crippen molar-refractivity contribution >= 4 is 29.2 Å². The molecule has 6 rings (SSSR count). The number of hydrogen-bond acceptors (Lipinski definition) is 12. The molecule has 0 bridgehead atoms. The maximum atomic E-state index is 6.48. The summed E-state index contributed by atoms with van der Waals surface area (Å²) in [7, 11) is 1.64. The van der Waals surface area contributed by atoms with Gasteiger partial charge in [0.25, 0.3) is 0 Å². The quantitative estimate of drug-likeness (QED) is 0.391. The summed E-state index contributed by atoms with van der Waals surface area (Å²) in [6, 6.07) is 2.33. The van der Waals surface area contributed by atoms with Crippen molar-refractivity contribution in [3.63, 3.8) is 0 Å².